The van der Waals surface area contributed by atoms with Crippen molar-refractivity contribution in [3.8, 4) is 11.3 Å². The van der Waals surface area contributed by atoms with E-state index in [2.05, 4.69) is 15.3 Å². The number of nitrogens with zero attached hydrogens (tertiary/aromatic N) is 3. The number of benzene rings is 2. The summed E-state index contributed by atoms with van der Waals surface area (Å²) in [7, 11) is 0. The largest absolute Gasteiger partial charge is 0.416 e. The molecule has 0 aliphatic heterocycles. The summed E-state index contributed by atoms with van der Waals surface area (Å²) in [5.41, 5.74) is 3.17. The zero-order valence-electron chi connectivity index (χ0n) is 17.3. The van der Waals surface area contributed by atoms with Gasteiger partial charge in [0.1, 0.15) is 11.6 Å². The first-order valence-electron chi connectivity index (χ1n) is 9.90. The van der Waals surface area contributed by atoms with E-state index in [1.165, 1.54) is 12.1 Å². The Morgan fingerprint density at radius 3 is 2.35 bits per heavy atom. The van der Waals surface area contributed by atoms with Crippen LogP contribution in [-0.2, 0) is 6.18 Å². The van der Waals surface area contributed by atoms with E-state index in [1.807, 2.05) is 51.1 Å². The normalized spacial score (nSPS) is 11.8. The molecule has 0 saturated heterocycles. The molecule has 4 nitrogen and oxygen atoms in total. The van der Waals surface area contributed by atoms with E-state index >= 15 is 0 Å². The molecule has 2 aromatic carbocycles. The lowest BCUT2D eigenvalue weighted by Crippen LogP contribution is -2.07. The summed E-state index contributed by atoms with van der Waals surface area (Å²) in [6.07, 6.45) is -2.62. The highest BCUT2D eigenvalue weighted by atomic mass is 19.4. The van der Waals surface area contributed by atoms with Crippen LogP contribution in [0.25, 0.3) is 22.2 Å². The van der Waals surface area contributed by atoms with E-state index in [9.17, 15) is 13.2 Å². The van der Waals surface area contributed by atoms with Crippen molar-refractivity contribution in [2.24, 2.45) is 0 Å². The molecule has 0 spiro atoms. The van der Waals surface area contributed by atoms with E-state index in [1.54, 1.807) is 6.20 Å². The van der Waals surface area contributed by atoms with Crippen LogP contribution < -0.4 is 5.32 Å². The fraction of sp³-hybridized carbons (Fsp3) is 0.208. The maximum atomic E-state index is 12.9. The molecule has 1 N–H and O–H groups in total. The van der Waals surface area contributed by atoms with E-state index < -0.39 is 11.7 Å². The highest BCUT2D eigenvalue weighted by Gasteiger charge is 2.30. The van der Waals surface area contributed by atoms with Gasteiger partial charge in [0.05, 0.1) is 16.8 Å². The summed E-state index contributed by atoms with van der Waals surface area (Å²) in [4.78, 5) is 13.8. The molecule has 0 fully saturated rings. The number of halogens is 3. The van der Waals surface area contributed by atoms with E-state index in [0.717, 1.165) is 39.9 Å². The van der Waals surface area contributed by atoms with Gasteiger partial charge >= 0.3 is 6.18 Å². The van der Waals surface area contributed by atoms with Gasteiger partial charge in [-0.1, -0.05) is 32.0 Å². The van der Waals surface area contributed by atoms with Crippen LogP contribution >= 0.6 is 0 Å². The lowest BCUT2D eigenvalue weighted by Gasteiger charge is -2.16. The van der Waals surface area contributed by atoms with Gasteiger partial charge < -0.3 is 5.32 Å². The number of alkyl halides is 3. The third-order valence-electron chi connectivity index (χ3n) is 5.03. The molecule has 0 atom stereocenters. The average molecular weight is 422 g/mol. The molecule has 7 heteroatoms. The van der Waals surface area contributed by atoms with Crippen molar-refractivity contribution < 1.29 is 13.2 Å². The Labute approximate surface area is 178 Å². The number of rotatable bonds is 4. The smallest absolute Gasteiger partial charge is 0.340 e. The van der Waals surface area contributed by atoms with Crippen molar-refractivity contribution in [1.29, 1.82) is 0 Å². The first-order chi connectivity index (χ1) is 14.7. The number of fused-ring (bicyclic) bond motifs is 1. The third-order valence-corrected chi connectivity index (χ3v) is 5.03. The molecule has 4 aromatic rings. The van der Waals surface area contributed by atoms with Crippen molar-refractivity contribution in [3.63, 3.8) is 0 Å². The van der Waals surface area contributed by atoms with Crippen molar-refractivity contribution >= 4 is 22.4 Å². The van der Waals surface area contributed by atoms with E-state index in [4.69, 9.17) is 4.98 Å². The maximum Gasteiger partial charge on any atom is 0.416 e. The number of aromatic nitrogens is 3. The highest BCUT2D eigenvalue weighted by molar-refractivity contribution is 5.84. The third kappa shape index (κ3) is 4.35. The Morgan fingerprint density at radius 2 is 1.68 bits per heavy atom. The van der Waals surface area contributed by atoms with Gasteiger partial charge in [0.25, 0.3) is 0 Å². The van der Waals surface area contributed by atoms with Crippen LogP contribution in [0.4, 0.5) is 24.7 Å². The van der Waals surface area contributed by atoms with Gasteiger partial charge in [-0.05, 0) is 43.3 Å². The average Bonchev–Trinajstić information content (AvgIpc) is 2.74. The number of nitrogens with one attached hydrogen (secondary N) is 1. The summed E-state index contributed by atoms with van der Waals surface area (Å²) in [6.45, 7) is 5.89. The second-order valence-corrected chi connectivity index (χ2v) is 7.67. The molecule has 31 heavy (non-hydrogen) atoms. The maximum absolute atomic E-state index is 12.9. The van der Waals surface area contributed by atoms with Crippen LogP contribution in [-0.4, -0.2) is 15.0 Å². The first kappa shape index (κ1) is 20.8. The molecule has 0 bridgehead atoms. The molecule has 158 valence electrons. The lowest BCUT2D eigenvalue weighted by atomic mass is 10.0. The van der Waals surface area contributed by atoms with Gasteiger partial charge in [-0.25, -0.2) is 9.97 Å². The lowest BCUT2D eigenvalue weighted by molar-refractivity contribution is -0.137. The van der Waals surface area contributed by atoms with Crippen molar-refractivity contribution in [2.75, 3.05) is 5.32 Å². The Morgan fingerprint density at radius 1 is 0.935 bits per heavy atom. The zero-order valence-corrected chi connectivity index (χ0v) is 17.3. The number of anilines is 2. The second-order valence-electron chi connectivity index (χ2n) is 7.67. The van der Waals surface area contributed by atoms with Gasteiger partial charge in [-0.3, -0.25) is 4.98 Å². The van der Waals surface area contributed by atoms with Gasteiger partial charge in [0.15, 0.2) is 0 Å². The SMILES string of the molecule is Cc1c(Nc2ccc(C(F)(F)F)cc2)nc(C(C)C)nc1-c1ccc2cccnc2c1. The molecule has 0 saturated carbocycles. The fourth-order valence-electron chi connectivity index (χ4n) is 3.29. The van der Waals surface area contributed by atoms with Gasteiger partial charge in [-0.15, -0.1) is 0 Å². The van der Waals surface area contributed by atoms with Crippen molar-refractivity contribution in [3.05, 3.63) is 77.7 Å². The van der Waals surface area contributed by atoms with Crippen LogP contribution in [0.2, 0.25) is 0 Å². The number of hydrogen-bond donors (Lipinski definition) is 1. The summed E-state index contributed by atoms with van der Waals surface area (Å²) in [6, 6.07) is 14.8. The van der Waals surface area contributed by atoms with Crippen LogP contribution in [0.15, 0.2) is 60.8 Å². The van der Waals surface area contributed by atoms with E-state index in [0.29, 0.717) is 17.3 Å². The standard InChI is InChI=1S/C24H21F3N4/c1-14(2)22-30-21(17-7-6-16-5-4-12-28-20(16)13-17)15(3)23(31-22)29-19-10-8-18(9-11-19)24(25,26)27/h4-14H,1-3H3,(H,29,30,31). The Balaban J connectivity index is 1.77. The molecular formula is C24H21F3N4. The van der Waals surface area contributed by atoms with Crippen LogP contribution in [0, 0.1) is 6.92 Å². The molecule has 0 amide bonds. The molecule has 0 radical (unpaired) electrons. The van der Waals surface area contributed by atoms with Crippen molar-refractivity contribution in [1.82, 2.24) is 15.0 Å². The molecule has 2 aromatic heterocycles. The van der Waals surface area contributed by atoms with Gasteiger partial charge in [0.2, 0.25) is 0 Å². The van der Waals surface area contributed by atoms with Crippen LogP contribution in [0.1, 0.15) is 36.7 Å². The predicted molar refractivity (Wildman–Crippen MR) is 116 cm³/mol. The summed E-state index contributed by atoms with van der Waals surface area (Å²) < 4.78 is 38.6. The van der Waals surface area contributed by atoms with Crippen LogP contribution in [0.5, 0.6) is 0 Å². The minimum atomic E-state index is -4.37. The summed E-state index contributed by atoms with van der Waals surface area (Å²) in [5, 5.41) is 4.19. The molecule has 2 heterocycles. The second kappa shape index (κ2) is 7.98. The Bertz CT molecular complexity index is 1230. The highest BCUT2D eigenvalue weighted by Crippen LogP contribution is 2.33. The predicted octanol–water partition coefficient (Wildman–Crippen LogP) is 6.89. The Kier molecular flexibility index (Phi) is 5.35. The minimum absolute atomic E-state index is 0.0751. The zero-order chi connectivity index (χ0) is 22.2. The monoisotopic (exact) mass is 422 g/mol. The van der Waals surface area contributed by atoms with Gasteiger partial charge in [-0.2, -0.15) is 13.2 Å². The fourth-order valence-corrected chi connectivity index (χ4v) is 3.29. The Hall–Kier alpha value is -3.48. The van der Waals surface area contributed by atoms with Gasteiger partial charge in [0, 0.05) is 34.3 Å². The quantitative estimate of drug-likeness (QED) is 0.389. The van der Waals surface area contributed by atoms with E-state index in [-0.39, 0.29) is 5.92 Å². The number of hydrogen-bond acceptors (Lipinski definition) is 4. The molecular weight excluding hydrogens is 401 g/mol. The number of pyridine rings is 1. The molecule has 0 aliphatic carbocycles. The van der Waals surface area contributed by atoms with Crippen molar-refractivity contribution in [2.45, 2.75) is 32.9 Å². The summed E-state index contributed by atoms with van der Waals surface area (Å²) in [5.74, 6) is 1.29. The first-order valence-corrected chi connectivity index (χ1v) is 9.90. The molecule has 0 aliphatic rings. The minimum Gasteiger partial charge on any atom is -0.340 e. The summed E-state index contributed by atoms with van der Waals surface area (Å²) >= 11 is 0. The molecule has 4 rings (SSSR count). The topological polar surface area (TPSA) is 50.7 Å². The molecule has 0 unspecified atom stereocenters. The van der Waals surface area contributed by atoms with Crippen LogP contribution in [0.3, 0.4) is 0 Å².